The van der Waals surface area contributed by atoms with Gasteiger partial charge in [0.15, 0.2) is 0 Å². The molecule has 0 unspecified atom stereocenters. The van der Waals surface area contributed by atoms with Crippen LogP contribution in [0, 0.1) is 87.5 Å². The Balaban J connectivity index is 0. The second-order valence-electron chi connectivity index (χ2n) is 16.1. The summed E-state index contributed by atoms with van der Waals surface area (Å²) in [5, 5.41) is 21.4. The monoisotopic (exact) mass is 1240 g/mol. The van der Waals surface area contributed by atoms with Crippen molar-refractivity contribution in [1.82, 2.24) is 29.1 Å². The number of aromatic nitrogens is 6. The molecule has 0 aliphatic carbocycles. The molecule has 6 aromatic rings. The van der Waals surface area contributed by atoms with Gasteiger partial charge in [-0.3, -0.25) is 0 Å². The normalized spacial score (nSPS) is 12.7. The van der Waals surface area contributed by atoms with Crippen LogP contribution in [0.2, 0.25) is 0 Å². The SMILES string of the molecule is C1CCOC1.C1CCOC1.C1CCOC1.CC#N.Cc1c(C)c(C)[c-](C)c1C.Cc1cc(C)n([BH-](n2nc(C)cc2C)n2nc(C)cc2C)n1.[Cl-].[Rh+2].[Ru+3].[Se-]c1ccccc1.[Se-]c1ccccc1. The van der Waals surface area contributed by atoms with Crippen LogP contribution in [-0.4, -0.2) is 108 Å². The van der Waals surface area contributed by atoms with E-state index in [1.165, 1.54) is 82.2 Å². The molecule has 6 heterocycles. The van der Waals surface area contributed by atoms with E-state index in [1.807, 2.05) is 81.4 Å². The third-order valence-corrected chi connectivity index (χ3v) is 12.0. The molecule has 0 bridgehead atoms. The van der Waals surface area contributed by atoms with Gasteiger partial charge in [0.05, 0.1) is 23.2 Å². The van der Waals surface area contributed by atoms with Crippen LogP contribution in [0.15, 0.2) is 78.9 Å². The van der Waals surface area contributed by atoms with E-state index in [0.29, 0.717) is 0 Å². The first-order valence-electron chi connectivity index (χ1n) is 22.6. The number of nitriles is 1. The standard InChI is InChI=1S/C15H22BN6.C10H15.2C6H6Se.3C4H8O.C2H3N.ClH.Rh.Ru/c1-10-7-13(4)20(17-10)16(21-14(5)8-11(2)18-21)22-15(6)9-12(3)19-22;1-6-7(2)9(4)10(5)8(6)3;2*7-6-4-2-1-3-5-6;3*1-2-4-5-3-1;1-2-3;;;/h7-9,16H,1-6H3;1-5H3;2*1-5,7H;3*1-4H2;1H3;1H;;/q2*-1;;;;;;;;+2;+3/p-3. The Morgan fingerprint density at radius 2 is 0.776 bits per heavy atom. The van der Waals surface area contributed by atoms with Crippen LogP contribution in [0.1, 0.15) is 107 Å². The number of benzene rings is 2. The predicted molar refractivity (Wildman–Crippen MR) is 269 cm³/mol. The van der Waals surface area contributed by atoms with Gasteiger partial charge in [0.1, 0.15) is 0 Å². The van der Waals surface area contributed by atoms with Crippen LogP contribution < -0.4 is 21.3 Å². The molecule has 3 fully saturated rings. The Hall–Kier alpha value is -2.57. The molecule has 0 amide bonds. The van der Waals surface area contributed by atoms with Crippen LogP contribution in [-0.2, 0) is 53.2 Å². The van der Waals surface area contributed by atoms with Gasteiger partial charge in [-0.1, -0.05) is 34.6 Å². The van der Waals surface area contributed by atoms with Crippen LogP contribution in [0.3, 0.4) is 0 Å². The van der Waals surface area contributed by atoms with E-state index in [1.54, 1.807) is 6.07 Å². The minimum absolute atomic E-state index is 0. The van der Waals surface area contributed by atoms with Crippen molar-refractivity contribution in [1.29, 1.82) is 5.26 Å². The first-order chi connectivity index (χ1) is 30.6. The zero-order valence-corrected chi connectivity index (χ0v) is 49.5. The third-order valence-electron chi connectivity index (χ3n) is 10.9. The fraction of sp³-hybridized carbons (Fsp3) is 0.471. The summed E-state index contributed by atoms with van der Waals surface area (Å²) in [5.41, 5.74) is 13.7. The molecule has 0 atom stereocenters. The second kappa shape index (κ2) is 38.2. The predicted octanol–water partition coefficient (Wildman–Crippen LogP) is 5.62. The Labute approximate surface area is 452 Å². The molecular formula is C51H74BClN7O3RhRuSe2. The molecule has 0 spiro atoms. The number of hydrogen-bond donors (Lipinski definition) is 0. The minimum atomic E-state index is -1.26. The summed E-state index contributed by atoms with van der Waals surface area (Å²) in [6, 6.07) is 28.2. The summed E-state index contributed by atoms with van der Waals surface area (Å²) in [7, 11) is -1.26. The van der Waals surface area contributed by atoms with Gasteiger partial charge in [-0.25, -0.2) is 15.3 Å². The van der Waals surface area contributed by atoms with Crippen molar-refractivity contribution in [2.24, 2.45) is 0 Å². The van der Waals surface area contributed by atoms with Crippen molar-refractivity contribution < 1.29 is 65.6 Å². The number of nitrogens with zero attached hydrogens (tertiary/aromatic N) is 7. The van der Waals surface area contributed by atoms with Gasteiger partial charge in [0.25, 0.3) is 0 Å². The molecule has 3 aromatic carbocycles. The van der Waals surface area contributed by atoms with Crippen molar-refractivity contribution in [3.05, 3.63) is 141 Å². The molecule has 2 radical (unpaired) electrons. The van der Waals surface area contributed by atoms with E-state index in [2.05, 4.69) is 119 Å². The van der Waals surface area contributed by atoms with Gasteiger partial charge < -0.3 is 40.4 Å². The molecule has 16 heteroatoms. The molecule has 0 N–H and O–H groups in total. The Kier molecular flexibility index (Phi) is 37.9. The average molecular weight is 1240 g/mol. The molecule has 3 saturated heterocycles. The molecule has 9 rings (SSSR count). The van der Waals surface area contributed by atoms with Crippen LogP contribution in [0.5, 0.6) is 0 Å². The van der Waals surface area contributed by atoms with Gasteiger partial charge in [-0.2, -0.15) is 33.1 Å². The quantitative estimate of drug-likeness (QED) is 0.168. The fourth-order valence-corrected chi connectivity index (χ4v) is 7.70. The van der Waals surface area contributed by atoms with Gasteiger partial charge in [-0.05, 0) is 115 Å². The molecule has 3 aliphatic rings. The molecule has 3 aromatic heterocycles. The van der Waals surface area contributed by atoms with Crippen LogP contribution in [0.25, 0.3) is 0 Å². The van der Waals surface area contributed by atoms with Gasteiger partial charge in [0, 0.05) is 46.6 Å². The summed E-state index contributed by atoms with van der Waals surface area (Å²) >= 11 is 5.80. The van der Waals surface area contributed by atoms with E-state index in [-0.39, 0.29) is 51.4 Å². The van der Waals surface area contributed by atoms with Crippen LogP contribution in [0.4, 0.5) is 0 Å². The Morgan fingerprint density at radius 3 is 0.896 bits per heavy atom. The van der Waals surface area contributed by atoms with Gasteiger partial charge >= 0.3 is 148 Å². The van der Waals surface area contributed by atoms with E-state index < -0.39 is 7.12 Å². The summed E-state index contributed by atoms with van der Waals surface area (Å²) < 4.78 is 23.4. The fourth-order valence-electron chi connectivity index (χ4n) is 7.04. The average Bonchev–Trinajstić information content (AvgIpc) is 4.15. The van der Waals surface area contributed by atoms with Crippen molar-refractivity contribution in [3.63, 3.8) is 0 Å². The molecule has 370 valence electrons. The van der Waals surface area contributed by atoms with Gasteiger partial charge in [-0.15, -0.1) is 0 Å². The Bertz CT molecular complexity index is 1940. The summed E-state index contributed by atoms with van der Waals surface area (Å²) in [5.74, 6) is 0. The number of rotatable bonds is 3. The summed E-state index contributed by atoms with van der Waals surface area (Å²) in [6.07, 6.45) is 7.67. The van der Waals surface area contributed by atoms with Crippen molar-refractivity contribution in [2.75, 3.05) is 39.6 Å². The van der Waals surface area contributed by atoms with E-state index >= 15 is 0 Å². The van der Waals surface area contributed by atoms with Crippen molar-refractivity contribution in [3.8, 4) is 6.07 Å². The molecule has 67 heavy (non-hydrogen) atoms. The zero-order chi connectivity index (χ0) is 47.4. The first kappa shape index (κ1) is 66.5. The topological polar surface area (TPSA) is 105 Å². The maximum atomic E-state index is 7.32. The van der Waals surface area contributed by atoms with Crippen molar-refractivity contribution in [2.45, 2.75) is 122 Å². The third kappa shape index (κ3) is 25.7. The molecule has 3 aliphatic heterocycles. The first-order valence-corrected chi connectivity index (χ1v) is 24.3. The van der Waals surface area contributed by atoms with E-state index in [4.69, 9.17) is 34.8 Å². The molecular weight excluding hydrogens is 1170 g/mol. The number of aryl methyl sites for hydroxylation is 6. The maximum absolute atomic E-state index is 7.32. The van der Waals surface area contributed by atoms with E-state index in [0.717, 1.165) is 73.8 Å². The zero-order valence-electron chi connectivity index (χ0n) is 41.9. The number of halogens is 1. The second-order valence-corrected chi connectivity index (χ2v) is 18.1. The van der Waals surface area contributed by atoms with E-state index in [9.17, 15) is 0 Å². The van der Waals surface area contributed by atoms with Gasteiger partial charge in [0.2, 0.25) is 0 Å². The Morgan fingerprint density at radius 1 is 0.537 bits per heavy atom. The molecule has 10 nitrogen and oxygen atoms in total. The van der Waals surface area contributed by atoms with Crippen molar-refractivity contribution >= 4 is 48.1 Å². The summed E-state index contributed by atoms with van der Waals surface area (Å²) in [4.78, 5) is 0. The number of ether oxygens (including phenoxy) is 3. The summed E-state index contributed by atoms with van der Waals surface area (Å²) in [6.45, 7) is 30.7. The number of hydrogen-bond acceptors (Lipinski definition) is 7. The van der Waals surface area contributed by atoms with Crippen LogP contribution >= 0.6 is 0 Å². The molecule has 0 saturated carbocycles.